The van der Waals surface area contributed by atoms with Crippen LogP contribution in [-0.4, -0.2) is 33.1 Å². The van der Waals surface area contributed by atoms with Crippen LogP contribution in [0.5, 0.6) is 5.75 Å². The lowest BCUT2D eigenvalue weighted by atomic mass is 10.2. The summed E-state index contributed by atoms with van der Waals surface area (Å²) >= 11 is 1.84. The summed E-state index contributed by atoms with van der Waals surface area (Å²) in [5.74, 6) is 1.59. The van der Waals surface area contributed by atoms with Gasteiger partial charge in [0, 0.05) is 11.8 Å². The van der Waals surface area contributed by atoms with Crippen LogP contribution in [0, 0.1) is 0 Å². The van der Waals surface area contributed by atoms with Gasteiger partial charge in [-0.05, 0) is 36.8 Å². The topological polar surface area (TPSA) is 81.4 Å². The molecule has 1 fully saturated rings. The van der Waals surface area contributed by atoms with E-state index in [1.165, 1.54) is 32.1 Å². The van der Waals surface area contributed by atoms with Gasteiger partial charge in [-0.1, -0.05) is 6.42 Å². The average molecular weight is 316 g/mol. The molecule has 1 aliphatic heterocycles. The number of sulfonamides is 1. The van der Waals surface area contributed by atoms with Crippen LogP contribution in [0.2, 0.25) is 0 Å². The molecule has 112 valence electrons. The predicted octanol–water partition coefficient (Wildman–Crippen LogP) is 1.84. The van der Waals surface area contributed by atoms with Crippen molar-refractivity contribution in [3.8, 4) is 5.75 Å². The minimum Gasteiger partial charge on any atom is -0.495 e. The molecule has 1 aromatic carbocycles. The maximum atomic E-state index is 12.2. The molecule has 3 N–H and O–H groups in total. The van der Waals surface area contributed by atoms with Gasteiger partial charge in [0.05, 0.1) is 17.7 Å². The van der Waals surface area contributed by atoms with Crippen molar-refractivity contribution in [2.75, 3.05) is 25.1 Å². The van der Waals surface area contributed by atoms with Crippen LogP contribution in [0.25, 0.3) is 0 Å². The second kappa shape index (κ2) is 6.69. The molecule has 0 bridgehead atoms. The van der Waals surface area contributed by atoms with E-state index in [-0.39, 0.29) is 4.90 Å². The molecule has 1 aromatic rings. The first-order valence-corrected chi connectivity index (χ1v) is 9.11. The molecular weight excluding hydrogens is 296 g/mol. The molecule has 0 aliphatic carbocycles. The molecule has 0 saturated carbocycles. The highest BCUT2D eigenvalue weighted by atomic mass is 32.2. The number of hydrogen-bond acceptors (Lipinski definition) is 5. The first kappa shape index (κ1) is 15.5. The first-order chi connectivity index (χ1) is 9.53. The van der Waals surface area contributed by atoms with Gasteiger partial charge in [0.15, 0.2) is 0 Å². The van der Waals surface area contributed by atoms with Gasteiger partial charge in [-0.15, -0.1) is 0 Å². The number of nitrogens with two attached hydrogens (primary N) is 1. The normalized spacial score (nSPS) is 19.8. The Balaban J connectivity index is 2.04. The quantitative estimate of drug-likeness (QED) is 0.810. The molecule has 7 heteroatoms. The van der Waals surface area contributed by atoms with E-state index in [0.29, 0.717) is 23.2 Å². The van der Waals surface area contributed by atoms with Crippen LogP contribution in [-0.2, 0) is 10.0 Å². The lowest BCUT2D eigenvalue weighted by Crippen LogP contribution is -2.32. The molecule has 1 unspecified atom stereocenters. The van der Waals surface area contributed by atoms with Gasteiger partial charge in [0.1, 0.15) is 5.75 Å². The molecule has 2 rings (SSSR count). The average Bonchev–Trinajstić information content (AvgIpc) is 2.46. The highest BCUT2D eigenvalue weighted by Gasteiger charge is 2.19. The summed E-state index contributed by atoms with van der Waals surface area (Å²) in [5, 5.41) is 0.370. The zero-order valence-electron chi connectivity index (χ0n) is 11.5. The Labute approximate surface area is 124 Å². The van der Waals surface area contributed by atoms with Crippen LogP contribution < -0.4 is 15.2 Å². The molecule has 1 saturated heterocycles. The third-order valence-electron chi connectivity index (χ3n) is 3.29. The first-order valence-electron chi connectivity index (χ1n) is 6.58. The van der Waals surface area contributed by atoms with E-state index in [1.807, 2.05) is 11.8 Å². The van der Waals surface area contributed by atoms with Crippen molar-refractivity contribution in [3.05, 3.63) is 18.2 Å². The van der Waals surface area contributed by atoms with Gasteiger partial charge >= 0.3 is 0 Å². The van der Waals surface area contributed by atoms with E-state index < -0.39 is 10.0 Å². The van der Waals surface area contributed by atoms with Crippen LogP contribution in [0.15, 0.2) is 23.1 Å². The Morgan fingerprint density at radius 1 is 1.45 bits per heavy atom. The number of ether oxygens (including phenoxy) is 1. The van der Waals surface area contributed by atoms with Gasteiger partial charge in [-0.3, -0.25) is 0 Å². The third kappa shape index (κ3) is 3.80. The van der Waals surface area contributed by atoms with E-state index >= 15 is 0 Å². The van der Waals surface area contributed by atoms with E-state index in [1.54, 1.807) is 6.07 Å². The fourth-order valence-corrected chi connectivity index (χ4v) is 4.59. The Morgan fingerprint density at radius 3 is 2.85 bits per heavy atom. The number of methoxy groups -OCH3 is 1. The number of hydrogen-bond donors (Lipinski definition) is 2. The summed E-state index contributed by atoms with van der Waals surface area (Å²) < 4.78 is 32.1. The van der Waals surface area contributed by atoms with Crippen LogP contribution in [0.4, 0.5) is 5.69 Å². The molecule has 1 aliphatic rings. The van der Waals surface area contributed by atoms with Crippen molar-refractivity contribution >= 4 is 27.5 Å². The number of nitrogens with one attached hydrogen (secondary N) is 1. The number of nitrogen functional groups attached to an aromatic ring is 1. The van der Waals surface area contributed by atoms with Crippen LogP contribution >= 0.6 is 11.8 Å². The van der Waals surface area contributed by atoms with Crippen molar-refractivity contribution in [2.24, 2.45) is 0 Å². The van der Waals surface area contributed by atoms with Crippen LogP contribution in [0.3, 0.4) is 0 Å². The number of anilines is 1. The molecule has 0 radical (unpaired) electrons. The predicted molar refractivity (Wildman–Crippen MR) is 82.7 cm³/mol. The lowest BCUT2D eigenvalue weighted by Gasteiger charge is -2.21. The van der Waals surface area contributed by atoms with Gasteiger partial charge in [0.2, 0.25) is 10.0 Å². The monoisotopic (exact) mass is 316 g/mol. The maximum Gasteiger partial charge on any atom is 0.240 e. The molecule has 1 atom stereocenters. The Morgan fingerprint density at radius 2 is 2.25 bits per heavy atom. The molecule has 20 heavy (non-hydrogen) atoms. The minimum absolute atomic E-state index is 0.177. The number of thioether (sulfide) groups is 1. The smallest absolute Gasteiger partial charge is 0.240 e. The second-order valence-electron chi connectivity index (χ2n) is 4.74. The summed E-state index contributed by atoms with van der Waals surface area (Å²) in [7, 11) is -2.01. The zero-order chi connectivity index (χ0) is 14.6. The summed E-state index contributed by atoms with van der Waals surface area (Å²) in [6.07, 6.45) is 3.47. The molecule has 0 amide bonds. The van der Waals surface area contributed by atoms with Crippen molar-refractivity contribution < 1.29 is 13.2 Å². The molecule has 1 heterocycles. The van der Waals surface area contributed by atoms with Gasteiger partial charge < -0.3 is 10.5 Å². The Hall–Kier alpha value is -0.920. The molecule has 5 nitrogen and oxygen atoms in total. The summed E-state index contributed by atoms with van der Waals surface area (Å²) in [5.41, 5.74) is 6.07. The van der Waals surface area contributed by atoms with Gasteiger partial charge in [0.25, 0.3) is 0 Å². The van der Waals surface area contributed by atoms with Crippen molar-refractivity contribution in [1.29, 1.82) is 0 Å². The molecular formula is C13H20N2O3S2. The summed E-state index contributed by atoms with van der Waals surface area (Å²) in [6.45, 7) is 0.471. The van der Waals surface area contributed by atoms with Gasteiger partial charge in [-0.25, -0.2) is 13.1 Å². The summed E-state index contributed by atoms with van der Waals surface area (Å²) in [6, 6.07) is 4.50. The van der Waals surface area contributed by atoms with Crippen molar-refractivity contribution in [3.63, 3.8) is 0 Å². The number of rotatable bonds is 5. The zero-order valence-corrected chi connectivity index (χ0v) is 13.1. The van der Waals surface area contributed by atoms with Crippen LogP contribution in [0.1, 0.15) is 19.3 Å². The Bertz CT molecular complexity index is 555. The molecule has 0 aromatic heterocycles. The van der Waals surface area contributed by atoms with Crippen molar-refractivity contribution in [1.82, 2.24) is 4.72 Å². The van der Waals surface area contributed by atoms with Gasteiger partial charge in [-0.2, -0.15) is 11.8 Å². The largest absolute Gasteiger partial charge is 0.495 e. The third-order valence-corrected chi connectivity index (χ3v) is 6.11. The van der Waals surface area contributed by atoms with E-state index in [9.17, 15) is 8.42 Å². The fourth-order valence-electron chi connectivity index (χ4n) is 2.13. The molecule has 0 spiro atoms. The number of benzene rings is 1. The minimum atomic E-state index is -3.51. The highest BCUT2D eigenvalue weighted by molar-refractivity contribution is 8.00. The summed E-state index contributed by atoms with van der Waals surface area (Å²) in [4.78, 5) is 0.177. The fraction of sp³-hybridized carbons (Fsp3) is 0.538. The SMILES string of the molecule is COc1ccc(S(=O)(=O)NCC2CCCCS2)cc1N. The van der Waals surface area contributed by atoms with E-state index in [0.717, 1.165) is 12.2 Å². The lowest BCUT2D eigenvalue weighted by molar-refractivity contribution is 0.416. The maximum absolute atomic E-state index is 12.2. The van der Waals surface area contributed by atoms with E-state index in [4.69, 9.17) is 10.5 Å². The van der Waals surface area contributed by atoms with E-state index in [2.05, 4.69) is 4.72 Å². The van der Waals surface area contributed by atoms with Crippen molar-refractivity contribution in [2.45, 2.75) is 29.4 Å². The standard InChI is InChI=1S/C13H20N2O3S2/c1-18-13-6-5-11(8-12(13)14)20(16,17)15-9-10-4-2-3-7-19-10/h5-6,8,10,15H,2-4,7,9,14H2,1H3. The second-order valence-corrected chi connectivity index (χ2v) is 7.92. The Kier molecular flexibility index (Phi) is 5.17. The highest BCUT2D eigenvalue weighted by Crippen LogP contribution is 2.26.